The smallest absolute Gasteiger partial charge is 0.0502 e. The summed E-state index contributed by atoms with van der Waals surface area (Å²) in [5.41, 5.74) is 5.24. The minimum atomic E-state index is 0.768. The van der Waals surface area contributed by atoms with Crippen LogP contribution < -0.4 is 5.32 Å². The van der Waals surface area contributed by atoms with E-state index < -0.39 is 0 Å². The van der Waals surface area contributed by atoms with Gasteiger partial charge in [0.15, 0.2) is 0 Å². The number of rotatable bonds is 7. The third-order valence-corrected chi connectivity index (χ3v) is 4.01. The monoisotopic (exact) mass is 281 g/mol. The molecule has 1 aliphatic carbocycles. The summed E-state index contributed by atoms with van der Waals surface area (Å²) in [6.07, 6.45) is 3.66. The first-order valence-electron chi connectivity index (χ1n) is 7.76. The van der Waals surface area contributed by atoms with Crippen molar-refractivity contribution in [2.45, 2.75) is 31.8 Å². The van der Waals surface area contributed by atoms with Crippen molar-refractivity contribution in [1.29, 1.82) is 0 Å². The number of nitrogens with one attached hydrogen (secondary N) is 1. The molecule has 1 aliphatic rings. The third kappa shape index (κ3) is 4.16. The summed E-state index contributed by atoms with van der Waals surface area (Å²) in [6.45, 7) is 1.77. The second-order valence-electron chi connectivity index (χ2n) is 5.79. The molecule has 1 saturated carbocycles. The summed E-state index contributed by atoms with van der Waals surface area (Å²) < 4.78 is 5.11. The van der Waals surface area contributed by atoms with Crippen LogP contribution in [0.4, 0.5) is 0 Å². The number of methoxy groups -OCH3 is 1. The van der Waals surface area contributed by atoms with Crippen molar-refractivity contribution in [3.63, 3.8) is 0 Å². The fourth-order valence-corrected chi connectivity index (χ4v) is 2.45. The summed E-state index contributed by atoms with van der Waals surface area (Å²) in [5, 5.41) is 3.55. The maximum absolute atomic E-state index is 5.11. The van der Waals surface area contributed by atoms with Gasteiger partial charge in [-0.3, -0.25) is 0 Å². The summed E-state index contributed by atoms with van der Waals surface area (Å²) >= 11 is 0. The van der Waals surface area contributed by atoms with E-state index in [1.54, 1.807) is 7.11 Å². The van der Waals surface area contributed by atoms with Gasteiger partial charge in [0.2, 0.25) is 0 Å². The van der Waals surface area contributed by atoms with Gasteiger partial charge in [-0.05, 0) is 41.5 Å². The van der Waals surface area contributed by atoms with Crippen LogP contribution in [-0.4, -0.2) is 19.8 Å². The molecule has 0 bridgehead atoms. The number of benzene rings is 2. The van der Waals surface area contributed by atoms with E-state index in [1.165, 1.54) is 35.1 Å². The Morgan fingerprint density at radius 1 is 0.905 bits per heavy atom. The predicted octanol–water partition coefficient (Wildman–Crippen LogP) is 3.79. The number of hydrogen-bond acceptors (Lipinski definition) is 2. The first-order chi connectivity index (χ1) is 10.3. The lowest BCUT2D eigenvalue weighted by Gasteiger charge is -2.07. The molecular formula is C19H23NO. The molecule has 0 spiro atoms. The number of hydrogen-bond donors (Lipinski definition) is 1. The molecule has 0 atom stereocenters. The quantitative estimate of drug-likeness (QED) is 0.833. The van der Waals surface area contributed by atoms with Crippen molar-refractivity contribution in [3.05, 3.63) is 59.7 Å². The number of ether oxygens (including phenoxy) is 1. The first-order valence-corrected chi connectivity index (χ1v) is 7.76. The maximum atomic E-state index is 5.11. The van der Waals surface area contributed by atoms with Crippen molar-refractivity contribution < 1.29 is 4.74 Å². The molecule has 0 amide bonds. The van der Waals surface area contributed by atoms with Gasteiger partial charge in [-0.1, -0.05) is 48.5 Å². The standard InChI is InChI=1S/C19H23NO/c1-21-13-12-15-2-6-17(7-3-15)18-8-4-16(5-9-18)14-20-19-10-11-19/h2-9,19-20H,10-14H2,1H3. The zero-order valence-electron chi connectivity index (χ0n) is 12.6. The molecule has 1 fully saturated rings. The van der Waals surface area contributed by atoms with Crippen LogP contribution in [0.1, 0.15) is 24.0 Å². The molecule has 0 radical (unpaired) electrons. The fourth-order valence-electron chi connectivity index (χ4n) is 2.45. The Morgan fingerprint density at radius 2 is 1.48 bits per heavy atom. The van der Waals surface area contributed by atoms with Crippen LogP contribution in [0.25, 0.3) is 11.1 Å². The highest BCUT2D eigenvalue weighted by molar-refractivity contribution is 5.63. The highest BCUT2D eigenvalue weighted by Crippen LogP contribution is 2.22. The Kier molecular flexibility index (Phi) is 4.69. The van der Waals surface area contributed by atoms with Crippen molar-refractivity contribution in [2.24, 2.45) is 0 Å². The Balaban J connectivity index is 1.62. The minimum Gasteiger partial charge on any atom is -0.384 e. The van der Waals surface area contributed by atoms with E-state index in [2.05, 4.69) is 53.8 Å². The van der Waals surface area contributed by atoms with E-state index in [-0.39, 0.29) is 0 Å². The Labute approximate surface area is 127 Å². The second-order valence-corrected chi connectivity index (χ2v) is 5.79. The molecule has 0 heterocycles. The van der Waals surface area contributed by atoms with Gasteiger partial charge < -0.3 is 10.1 Å². The summed E-state index contributed by atoms with van der Waals surface area (Å²) in [5.74, 6) is 0. The van der Waals surface area contributed by atoms with Crippen LogP contribution in [0.5, 0.6) is 0 Å². The Hall–Kier alpha value is -1.64. The molecular weight excluding hydrogens is 258 g/mol. The molecule has 0 unspecified atom stereocenters. The molecule has 3 rings (SSSR count). The SMILES string of the molecule is COCCc1ccc(-c2ccc(CNC3CC3)cc2)cc1. The largest absolute Gasteiger partial charge is 0.384 e. The molecule has 21 heavy (non-hydrogen) atoms. The molecule has 2 aromatic rings. The lowest BCUT2D eigenvalue weighted by molar-refractivity contribution is 0.202. The van der Waals surface area contributed by atoms with E-state index in [4.69, 9.17) is 4.74 Å². The third-order valence-electron chi connectivity index (χ3n) is 4.01. The van der Waals surface area contributed by atoms with Gasteiger partial charge in [-0.2, -0.15) is 0 Å². The normalized spacial score (nSPS) is 14.3. The summed E-state index contributed by atoms with van der Waals surface area (Å²) in [4.78, 5) is 0. The van der Waals surface area contributed by atoms with Crippen LogP contribution in [0.3, 0.4) is 0 Å². The Bertz CT molecular complexity index is 555. The molecule has 1 N–H and O–H groups in total. The predicted molar refractivity (Wildman–Crippen MR) is 87.3 cm³/mol. The molecule has 0 aliphatic heterocycles. The van der Waals surface area contributed by atoms with Gasteiger partial charge in [-0.15, -0.1) is 0 Å². The topological polar surface area (TPSA) is 21.3 Å². The Morgan fingerprint density at radius 3 is 2.00 bits per heavy atom. The lowest BCUT2D eigenvalue weighted by atomic mass is 10.0. The van der Waals surface area contributed by atoms with Crippen molar-refractivity contribution >= 4 is 0 Å². The van der Waals surface area contributed by atoms with Gasteiger partial charge in [-0.25, -0.2) is 0 Å². The molecule has 2 nitrogen and oxygen atoms in total. The highest BCUT2D eigenvalue weighted by Gasteiger charge is 2.19. The van der Waals surface area contributed by atoms with Gasteiger partial charge >= 0.3 is 0 Å². The van der Waals surface area contributed by atoms with Crippen LogP contribution in [0.15, 0.2) is 48.5 Å². The van der Waals surface area contributed by atoms with E-state index >= 15 is 0 Å². The zero-order chi connectivity index (χ0) is 14.5. The first kappa shape index (κ1) is 14.3. The maximum Gasteiger partial charge on any atom is 0.0502 e. The van der Waals surface area contributed by atoms with Crippen LogP contribution >= 0.6 is 0 Å². The van der Waals surface area contributed by atoms with Crippen LogP contribution in [-0.2, 0) is 17.7 Å². The molecule has 0 aromatic heterocycles. The van der Waals surface area contributed by atoms with E-state index in [0.29, 0.717) is 0 Å². The van der Waals surface area contributed by atoms with Crippen molar-refractivity contribution in [2.75, 3.05) is 13.7 Å². The fraction of sp³-hybridized carbons (Fsp3) is 0.368. The molecule has 2 heteroatoms. The van der Waals surface area contributed by atoms with E-state index in [1.807, 2.05) is 0 Å². The van der Waals surface area contributed by atoms with E-state index in [0.717, 1.165) is 25.6 Å². The average molecular weight is 281 g/mol. The lowest BCUT2D eigenvalue weighted by Crippen LogP contribution is -2.14. The van der Waals surface area contributed by atoms with Crippen LogP contribution in [0, 0.1) is 0 Å². The van der Waals surface area contributed by atoms with Crippen molar-refractivity contribution in [1.82, 2.24) is 5.32 Å². The zero-order valence-corrected chi connectivity index (χ0v) is 12.6. The highest BCUT2D eigenvalue weighted by atomic mass is 16.5. The second kappa shape index (κ2) is 6.88. The average Bonchev–Trinajstić information content (AvgIpc) is 3.36. The van der Waals surface area contributed by atoms with E-state index in [9.17, 15) is 0 Å². The molecule has 0 saturated heterocycles. The van der Waals surface area contributed by atoms with Crippen LogP contribution in [0.2, 0.25) is 0 Å². The van der Waals surface area contributed by atoms with Crippen molar-refractivity contribution in [3.8, 4) is 11.1 Å². The summed E-state index contributed by atoms with van der Waals surface area (Å²) in [6, 6.07) is 18.4. The van der Waals surface area contributed by atoms with Gasteiger partial charge in [0.25, 0.3) is 0 Å². The van der Waals surface area contributed by atoms with Gasteiger partial charge in [0.1, 0.15) is 0 Å². The van der Waals surface area contributed by atoms with Gasteiger partial charge in [0, 0.05) is 19.7 Å². The minimum absolute atomic E-state index is 0.768. The summed E-state index contributed by atoms with van der Waals surface area (Å²) in [7, 11) is 1.74. The molecule has 110 valence electrons. The van der Waals surface area contributed by atoms with Gasteiger partial charge in [0.05, 0.1) is 6.61 Å². The molecule has 2 aromatic carbocycles.